The highest BCUT2D eigenvalue weighted by atomic mass is 19.1. The molecule has 0 aromatic heterocycles. The maximum absolute atomic E-state index is 13.8. The number of likely N-dealkylation sites (tertiary alicyclic amines) is 1. The van der Waals surface area contributed by atoms with Crippen molar-refractivity contribution in [3.8, 4) is 5.75 Å². The third-order valence-electron chi connectivity index (χ3n) is 3.86. The Bertz CT molecular complexity index is 423. The molecule has 0 amide bonds. The lowest BCUT2D eigenvalue weighted by Gasteiger charge is -2.19. The third-order valence-corrected chi connectivity index (χ3v) is 3.86. The summed E-state index contributed by atoms with van der Waals surface area (Å²) in [6.07, 6.45) is 3.41. The molecule has 0 saturated carbocycles. The first kappa shape index (κ1) is 14.3. The minimum Gasteiger partial charge on any atom is -0.490 e. The van der Waals surface area contributed by atoms with Crippen molar-refractivity contribution in [3.63, 3.8) is 0 Å². The average molecular weight is 266 g/mol. The maximum atomic E-state index is 13.8. The number of benzene rings is 1. The van der Waals surface area contributed by atoms with E-state index in [1.165, 1.54) is 18.9 Å². The summed E-state index contributed by atoms with van der Waals surface area (Å²) in [6.45, 7) is 3.55. The van der Waals surface area contributed by atoms with Crippen molar-refractivity contribution in [1.82, 2.24) is 4.90 Å². The van der Waals surface area contributed by atoms with Gasteiger partial charge in [0.2, 0.25) is 0 Å². The van der Waals surface area contributed by atoms with Gasteiger partial charge in [-0.3, -0.25) is 0 Å². The first-order valence-electron chi connectivity index (χ1n) is 6.96. The standard InChI is InChI=1S/C15H23FN2O/c1-11(17)12-5-6-15(14(16)10-12)19-9-7-13-4-3-8-18(13)2/h5-6,10-11,13H,3-4,7-9,17H2,1-2H3/t11-,13?/m0/s1. The predicted octanol–water partition coefficient (Wildman–Crippen LogP) is 2.71. The Morgan fingerprint density at radius 1 is 1.53 bits per heavy atom. The molecule has 1 heterocycles. The minimum absolute atomic E-state index is 0.157. The largest absolute Gasteiger partial charge is 0.490 e. The van der Waals surface area contributed by atoms with Gasteiger partial charge in [-0.1, -0.05) is 6.07 Å². The average Bonchev–Trinajstić information content (AvgIpc) is 2.77. The van der Waals surface area contributed by atoms with Gasteiger partial charge in [0, 0.05) is 12.1 Å². The van der Waals surface area contributed by atoms with E-state index in [1.54, 1.807) is 6.07 Å². The van der Waals surface area contributed by atoms with Crippen LogP contribution in [-0.4, -0.2) is 31.1 Å². The fraction of sp³-hybridized carbons (Fsp3) is 0.600. The number of nitrogens with zero attached hydrogens (tertiary/aromatic N) is 1. The quantitative estimate of drug-likeness (QED) is 0.890. The van der Waals surface area contributed by atoms with Crippen LogP contribution < -0.4 is 10.5 Å². The highest BCUT2D eigenvalue weighted by Gasteiger charge is 2.20. The molecular weight excluding hydrogens is 243 g/mol. The van der Waals surface area contributed by atoms with Crippen LogP contribution in [0.3, 0.4) is 0 Å². The normalized spacial score (nSPS) is 21.6. The van der Waals surface area contributed by atoms with Crippen LogP contribution in [0.25, 0.3) is 0 Å². The van der Waals surface area contributed by atoms with E-state index in [9.17, 15) is 4.39 Å². The molecule has 0 spiro atoms. The summed E-state index contributed by atoms with van der Waals surface area (Å²) in [5.41, 5.74) is 6.51. The molecule has 19 heavy (non-hydrogen) atoms. The van der Waals surface area contributed by atoms with Crippen LogP contribution in [0.15, 0.2) is 18.2 Å². The Hall–Kier alpha value is -1.13. The zero-order chi connectivity index (χ0) is 13.8. The van der Waals surface area contributed by atoms with Crippen molar-refractivity contribution in [2.75, 3.05) is 20.2 Å². The summed E-state index contributed by atoms with van der Waals surface area (Å²) >= 11 is 0. The monoisotopic (exact) mass is 266 g/mol. The summed E-state index contributed by atoms with van der Waals surface area (Å²) in [4.78, 5) is 2.35. The topological polar surface area (TPSA) is 38.5 Å². The molecule has 0 bridgehead atoms. The Labute approximate surface area is 114 Å². The number of ether oxygens (including phenoxy) is 1. The van der Waals surface area contributed by atoms with Gasteiger partial charge >= 0.3 is 0 Å². The molecule has 1 fully saturated rings. The van der Waals surface area contributed by atoms with E-state index in [-0.39, 0.29) is 11.9 Å². The van der Waals surface area contributed by atoms with Gasteiger partial charge in [0.15, 0.2) is 11.6 Å². The molecule has 106 valence electrons. The molecular formula is C15H23FN2O. The lowest BCUT2D eigenvalue weighted by Crippen LogP contribution is -2.26. The Morgan fingerprint density at radius 3 is 2.89 bits per heavy atom. The van der Waals surface area contributed by atoms with Crippen LogP contribution in [0.2, 0.25) is 0 Å². The molecule has 0 radical (unpaired) electrons. The molecule has 1 aromatic carbocycles. The summed E-state index contributed by atoms with van der Waals surface area (Å²) in [5, 5.41) is 0. The second kappa shape index (κ2) is 6.35. The van der Waals surface area contributed by atoms with Crippen LogP contribution >= 0.6 is 0 Å². The number of hydrogen-bond acceptors (Lipinski definition) is 3. The molecule has 0 aliphatic carbocycles. The Morgan fingerprint density at radius 2 is 2.32 bits per heavy atom. The van der Waals surface area contributed by atoms with E-state index in [0.29, 0.717) is 18.4 Å². The van der Waals surface area contributed by atoms with Gasteiger partial charge in [-0.05, 0) is 57.5 Å². The van der Waals surface area contributed by atoms with Gasteiger partial charge in [0.25, 0.3) is 0 Å². The third kappa shape index (κ3) is 3.67. The summed E-state index contributed by atoms with van der Waals surface area (Å²) in [7, 11) is 2.13. The zero-order valence-corrected chi connectivity index (χ0v) is 11.7. The molecule has 1 aliphatic rings. The fourth-order valence-corrected chi connectivity index (χ4v) is 2.57. The second-order valence-corrected chi connectivity index (χ2v) is 5.39. The van der Waals surface area contributed by atoms with E-state index in [0.717, 1.165) is 18.5 Å². The summed E-state index contributed by atoms with van der Waals surface area (Å²) in [5.74, 6) is -0.000346. The van der Waals surface area contributed by atoms with Crippen molar-refractivity contribution >= 4 is 0 Å². The van der Waals surface area contributed by atoms with E-state index in [1.807, 2.05) is 13.0 Å². The van der Waals surface area contributed by atoms with Crippen molar-refractivity contribution in [2.24, 2.45) is 5.73 Å². The van der Waals surface area contributed by atoms with Gasteiger partial charge in [-0.2, -0.15) is 0 Å². The molecule has 1 unspecified atom stereocenters. The maximum Gasteiger partial charge on any atom is 0.165 e. The van der Waals surface area contributed by atoms with Gasteiger partial charge in [-0.25, -0.2) is 4.39 Å². The van der Waals surface area contributed by atoms with Crippen LogP contribution in [0, 0.1) is 5.82 Å². The van der Waals surface area contributed by atoms with Crippen LogP contribution in [0.1, 0.15) is 37.8 Å². The van der Waals surface area contributed by atoms with E-state index < -0.39 is 0 Å². The lowest BCUT2D eigenvalue weighted by atomic mass is 10.1. The van der Waals surface area contributed by atoms with Gasteiger partial charge in [0.1, 0.15) is 0 Å². The van der Waals surface area contributed by atoms with Gasteiger partial charge in [0.05, 0.1) is 6.61 Å². The van der Waals surface area contributed by atoms with Gasteiger partial charge in [-0.15, -0.1) is 0 Å². The van der Waals surface area contributed by atoms with Crippen molar-refractivity contribution in [3.05, 3.63) is 29.6 Å². The molecule has 2 rings (SSSR count). The van der Waals surface area contributed by atoms with E-state index in [4.69, 9.17) is 10.5 Å². The number of nitrogens with two attached hydrogens (primary N) is 1. The number of halogens is 1. The van der Waals surface area contributed by atoms with Gasteiger partial charge < -0.3 is 15.4 Å². The SMILES string of the molecule is C[C@H](N)c1ccc(OCCC2CCCN2C)c(F)c1. The number of rotatable bonds is 5. The van der Waals surface area contributed by atoms with E-state index in [2.05, 4.69) is 11.9 Å². The molecule has 4 heteroatoms. The van der Waals surface area contributed by atoms with Crippen LogP contribution in [0.5, 0.6) is 5.75 Å². The zero-order valence-electron chi connectivity index (χ0n) is 11.7. The molecule has 3 nitrogen and oxygen atoms in total. The molecule has 2 N–H and O–H groups in total. The summed E-state index contributed by atoms with van der Waals surface area (Å²) < 4.78 is 19.3. The number of hydrogen-bond donors (Lipinski definition) is 1. The first-order valence-corrected chi connectivity index (χ1v) is 6.96. The van der Waals surface area contributed by atoms with E-state index >= 15 is 0 Å². The highest BCUT2D eigenvalue weighted by Crippen LogP contribution is 2.22. The van der Waals surface area contributed by atoms with Crippen LogP contribution in [0.4, 0.5) is 4.39 Å². The first-order chi connectivity index (χ1) is 9.08. The highest BCUT2D eigenvalue weighted by molar-refractivity contribution is 5.30. The van der Waals surface area contributed by atoms with Crippen molar-refractivity contribution in [1.29, 1.82) is 0 Å². The van der Waals surface area contributed by atoms with Crippen molar-refractivity contribution < 1.29 is 9.13 Å². The minimum atomic E-state index is -0.324. The molecule has 2 atom stereocenters. The second-order valence-electron chi connectivity index (χ2n) is 5.39. The predicted molar refractivity (Wildman–Crippen MR) is 74.8 cm³/mol. The smallest absolute Gasteiger partial charge is 0.165 e. The van der Waals surface area contributed by atoms with Crippen molar-refractivity contribution in [2.45, 2.75) is 38.3 Å². The molecule has 1 saturated heterocycles. The fourth-order valence-electron chi connectivity index (χ4n) is 2.57. The molecule has 1 aromatic rings. The lowest BCUT2D eigenvalue weighted by molar-refractivity contribution is 0.228. The molecule has 1 aliphatic heterocycles. The Balaban J connectivity index is 1.86. The Kier molecular flexibility index (Phi) is 4.77. The summed E-state index contributed by atoms with van der Waals surface area (Å²) in [6, 6.07) is 5.38. The van der Waals surface area contributed by atoms with Crippen LogP contribution in [-0.2, 0) is 0 Å².